The summed E-state index contributed by atoms with van der Waals surface area (Å²) >= 11 is 0. The third-order valence-electron chi connectivity index (χ3n) is 8.01. The van der Waals surface area contributed by atoms with Gasteiger partial charge in [0.05, 0.1) is 12.4 Å². The summed E-state index contributed by atoms with van der Waals surface area (Å²) in [6, 6.07) is -1.39. The lowest BCUT2D eigenvalue weighted by Gasteiger charge is -2.29. The van der Waals surface area contributed by atoms with Gasteiger partial charge in [-0.2, -0.15) is 0 Å². The van der Waals surface area contributed by atoms with Crippen molar-refractivity contribution in [3.63, 3.8) is 0 Å². The molecule has 2 rings (SSSR count). The molecule has 0 aliphatic rings. The lowest BCUT2D eigenvalue weighted by atomic mass is 9.98. The van der Waals surface area contributed by atoms with E-state index in [1.807, 2.05) is 0 Å². The van der Waals surface area contributed by atoms with Crippen LogP contribution in [-0.2, 0) is 46.4 Å². The molecule has 1 aromatic carbocycles. The number of nitrogens with one attached hydrogen (secondary N) is 7. The van der Waals surface area contributed by atoms with Gasteiger partial charge in [0.2, 0.25) is 41.4 Å². The van der Waals surface area contributed by atoms with E-state index < -0.39 is 95.5 Å². The Kier molecular flexibility index (Phi) is 16.2. The van der Waals surface area contributed by atoms with Crippen molar-refractivity contribution in [3.05, 3.63) is 48.0 Å². The molecular formula is C34H51N9O9. The topological polar surface area (TPSA) is 287 Å². The van der Waals surface area contributed by atoms with Crippen LogP contribution < -0.4 is 37.6 Å². The van der Waals surface area contributed by atoms with E-state index in [9.17, 15) is 43.8 Å². The molecule has 0 unspecified atom stereocenters. The van der Waals surface area contributed by atoms with Crippen molar-refractivity contribution in [2.24, 2.45) is 17.6 Å². The summed E-state index contributed by atoms with van der Waals surface area (Å²) in [7, 11) is 0. The van der Waals surface area contributed by atoms with Gasteiger partial charge in [-0.05, 0) is 43.4 Å². The van der Waals surface area contributed by atoms with Crippen LogP contribution in [0.25, 0.3) is 0 Å². The van der Waals surface area contributed by atoms with E-state index in [4.69, 9.17) is 5.73 Å². The average Bonchev–Trinajstić information content (AvgIpc) is 3.57. The zero-order chi connectivity index (χ0) is 39.3. The van der Waals surface area contributed by atoms with E-state index in [0.717, 1.165) is 0 Å². The molecule has 0 radical (unpaired) electrons. The van der Waals surface area contributed by atoms with Crippen molar-refractivity contribution >= 4 is 41.4 Å². The molecule has 11 N–H and O–H groups in total. The van der Waals surface area contributed by atoms with Gasteiger partial charge in [0.25, 0.3) is 0 Å². The average molecular weight is 730 g/mol. The highest BCUT2D eigenvalue weighted by Crippen LogP contribution is 2.13. The lowest BCUT2D eigenvalue weighted by Crippen LogP contribution is -2.61. The summed E-state index contributed by atoms with van der Waals surface area (Å²) in [5, 5.41) is 34.9. The second-order valence-corrected chi connectivity index (χ2v) is 13.3. The summed E-state index contributed by atoms with van der Waals surface area (Å²) in [6.07, 6.45) is 1.61. The normalized spacial score (nSPS) is 15.2. The number of amides is 7. The predicted octanol–water partition coefficient (Wildman–Crippen LogP) is -1.97. The van der Waals surface area contributed by atoms with Gasteiger partial charge in [-0.15, -0.1) is 0 Å². The zero-order valence-corrected chi connectivity index (χ0v) is 30.4. The van der Waals surface area contributed by atoms with Crippen molar-refractivity contribution in [2.75, 3.05) is 0 Å². The number of benzene rings is 1. The Bertz CT molecular complexity index is 1550. The maximum absolute atomic E-state index is 13.8. The fourth-order valence-corrected chi connectivity index (χ4v) is 5.06. The fraction of sp³-hybridized carbons (Fsp3) is 0.529. The number of nitrogens with two attached hydrogens (primary N) is 1. The van der Waals surface area contributed by atoms with Gasteiger partial charge in [0.15, 0.2) is 0 Å². The number of primary amides is 1. The van der Waals surface area contributed by atoms with E-state index in [0.29, 0.717) is 11.3 Å². The number of carbonyl (C=O) groups is 7. The minimum atomic E-state index is -1.40. The van der Waals surface area contributed by atoms with Crippen molar-refractivity contribution in [3.8, 4) is 5.75 Å². The first-order chi connectivity index (χ1) is 24.3. The number of aromatic nitrogens is 2. The molecular weight excluding hydrogens is 678 g/mol. The van der Waals surface area contributed by atoms with Crippen LogP contribution in [0.5, 0.6) is 5.75 Å². The monoisotopic (exact) mass is 729 g/mol. The highest BCUT2D eigenvalue weighted by Gasteiger charge is 2.34. The first-order valence-corrected chi connectivity index (χ1v) is 16.8. The standard InChI is InChI=1S/C34H51N9O9/c1-16(2)26(33(51)38-18(5)30(48)43-28(19(6)44)29(35)47)41-31(49)24(12-21-8-10-23(46)11-9-21)40-34(52)27(17(3)4)42-32(50)25(39-20(7)45)13-22-14-36-15-37-22/h8-11,14-19,24-28,44,46H,12-13H2,1-7H3,(H2,35,47)(H,36,37)(H,38,51)(H,39,45)(H,40,52)(H,41,49)(H,42,50)(H,43,48)/t18-,19+,24-,25-,26-,27-,28-/m0/s1. The van der Waals surface area contributed by atoms with Gasteiger partial charge >= 0.3 is 0 Å². The smallest absolute Gasteiger partial charge is 0.243 e. The van der Waals surface area contributed by atoms with Gasteiger partial charge < -0.3 is 52.8 Å². The van der Waals surface area contributed by atoms with E-state index in [1.165, 1.54) is 45.4 Å². The zero-order valence-electron chi connectivity index (χ0n) is 30.4. The van der Waals surface area contributed by atoms with Crippen LogP contribution in [0.2, 0.25) is 0 Å². The molecule has 0 saturated heterocycles. The molecule has 0 spiro atoms. The maximum atomic E-state index is 13.8. The Hall–Kier alpha value is -5.52. The number of phenolic OH excluding ortho intramolecular Hbond substituents is 1. The highest BCUT2D eigenvalue weighted by molar-refractivity contribution is 5.97. The molecule has 0 fully saturated rings. The van der Waals surface area contributed by atoms with E-state index in [-0.39, 0.29) is 18.6 Å². The number of hydrogen-bond acceptors (Lipinski definition) is 10. The molecule has 0 bridgehead atoms. The highest BCUT2D eigenvalue weighted by atomic mass is 16.3. The van der Waals surface area contributed by atoms with Gasteiger partial charge in [-0.3, -0.25) is 33.6 Å². The van der Waals surface area contributed by atoms with E-state index in [2.05, 4.69) is 41.9 Å². The summed E-state index contributed by atoms with van der Waals surface area (Å²) in [4.78, 5) is 97.3. The van der Waals surface area contributed by atoms with E-state index in [1.54, 1.807) is 39.8 Å². The maximum Gasteiger partial charge on any atom is 0.243 e. The van der Waals surface area contributed by atoms with Crippen LogP contribution in [0.3, 0.4) is 0 Å². The molecule has 0 aliphatic heterocycles. The van der Waals surface area contributed by atoms with Gasteiger partial charge in [-0.25, -0.2) is 4.98 Å². The second-order valence-electron chi connectivity index (χ2n) is 13.3. The minimum Gasteiger partial charge on any atom is -0.508 e. The van der Waals surface area contributed by atoms with Crippen LogP contribution in [0.15, 0.2) is 36.8 Å². The Morgan fingerprint density at radius 2 is 1.19 bits per heavy atom. The van der Waals surface area contributed by atoms with Crippen LogP contribution in [0, 0.1) is 11.8 Å². The predicted molar refractivity (Wildman–Crippen MR) is 188 cm³/mol. The molecule has 0 saturated carbocycles. The first-order valence-electron chi connectivity index (χ1n) is 16.8. The van der Waals surface area contributed by atoms with Crippen LogP contribution in [0.4, 0.5) is 0 Å². The molecule has 18 heteroatoms. The number of carbonyl (C=O) groups excluding carboxylic acids is 7. The van der Waals surface area contributed by atoms with Crippen LogP contribution in [0.1, 0.15) is 59.7 Å². The summed E-state index contributed by atoms with van der Waals surface area (Å²) < 4.78 is 0. The third kappa shape index (κ3) is 13.3. The van der Waals surface area contributed by atoms with Gasteiger partial charge in [0, 0.05) is 31.7 Å². The summed E-state index contributed by atoms with van der Waals surface area (Å²) in [5.74, 6) is -6.14. The number of nitrogens with zero attached hydrogens (tertiary/aromatic N) is 1. The number of aromatic amines is 1. The number of H-pyrrole nitrogens is 1. The molecule has 7 amide bonds. The number of aliphatic hydroxyl groups is 1. The molecule has 52 heavy (non-hydrogen) atoms. The summed E-state index contributed by atoms with van der Waals surface area (Å²) in [6.45, 7) is 10.5. The number of imidazole rings is 1. The largest absolute Gasteiger partial charge is 0.508 e. The van der Waals surface area contributed by atoms with Crippen molar-refractivity contribution in [1.82, 2.24) is 41.9 Å². The van der Waals surface area contributed by atoms with Gasteiger partial charge in [0.1, 0.15) is 42.0 Å². The number of hydrogen-bond donors (Lipinski definition) is 10. The Labute approximate surface area is 301 Å². The third-order valence-corrected chi connectivity index (χ3v) is 8.01. The quantitative estimate of drug-likeness (QED) is 0.0761. The molecule has 286 valence electrons. The van der Waals surface area contributed by atoms with Crippen molar-refractivity contribution in [1.29, 1.82) is 0 Å². The van der Waals surface area contributed by atoms with Crippen molar-refractivity contribution < 1.29 is 43.8 Å². The Morgan fingerprint density at radius 3 is 1.63 bits per heavy atom. The van der Waals surface area contributed by atoms with Gasteiger partial charge in [-0.1, -0.05) is 39.8 Å². The van der Waals surface area contributed by atoms with Crippen LogP contribution >= 0.6 is 0 Å². The molecule has 18 nitrogen and oxygen atoms in total. The molecule has 0 aliphatic carbocycles. The fourth-order valence-electron chi connectivity index (χ4n) is 5.06. The minimum absolute atomic E-state index is 0.0227. The Balaban J connectivity index is 2.30. The molecule has 2 aromatic rings. The second kappa shape index (κ2) is 19.8. The number of aromatic hydroxyl groups is 1. The molecule has 7 atom stereocenters. The SMILES string of the molecule is CC(=O)N[C@@H](Cc1cnc[nH]1)C(=O)N[C@H](C(=O)N[C@@H](Cc1ccc(O)cc1)C(=O)N[C@H](C(=O)N[C@@H](C)C(=O)N[C@H](C(N)=O)[C@@H](C)O)C(C)C)C(C)C. The molecule has 1 aromatic heterocycles. The van der Waals surface area contributed by atoms with Crippen molar-refractivity contribution in [2.45, 2.75) is 104 Å². The lowest BCUT2D eigenvalue weighted by molar-refractivity contribution is -0.136. The summed E-state index contributed by atoms with van der Waals surface area (Å²) in [5.41, 5.74) is 6.36. The Morgan fingerprint density at radius 1 is 0.692 bits per heavy atom. The number of aliphatic hydroxyl groups excluding tert-OH is 1. The van der Waals surface area contributed by atoms with Crippen LogP contribution in [-0.4, -0.2) is 104 Å². The number of phenols is 1. The number of rotatable bonds is 19. The molecule has 1 heterocycles. The van der Waals surface area contributed by atoms with E-state index >= 15 is 0 Å². The first kappa shape index (κ1) is 42.6.